The molecular weight excluding hydrogens is 214 g/mol. The summed E-state index contributed by atoms with van der Waals surface area (Å²) >= 11 is 0. The van der Waals surface area contributed by atoms with Crippen LogP contribution in [0.15, 0.2) is 36.4 Å². The van der Waals surface area contributed by atoms with Crippen molar-refractivity contribution in [3.05, 3.63) is 47.5 Å². The van der Waals surface area contributed by atoms with E-state index in [0.717, 1.165) is 32.9 Å². The van der Waals surface area contributed by atoms with E-state index < -0.39 is 0 Å². The number of rotatable bonds is 2. The van der Waals surface area contributed by atoms with Crippen molar-refractivity contribution >= 4 is 21.8 Å². The zero-order chi connectivity index (χ0) is 11.8. The summed E-state index contributed by atoms with van der Waals surface area (Å²) in [5.41, 5.74) is 3.51. The number of aromatic amines is 1. The van der Waals surface area contributed by atoms with E-state index >= 15 is 0 Å². The van der Waals surface area contributed by atoms with Crippen molar-refractivity contribution in [2.75, 3.05) is 0 Å². The van der Waals surface area contributed by atoms with Crippen LogP contribution in [0.25, 0.3) is 21.8 Å². The average Bonchev–Trinajstić information content (AvgIpc) is 2.75. The first-order chi connectivity index (χ1) is 8.35. The van der Waals surface area contributed by atoms with Gasteiger partial charge in [0.1, 0.15) is 0 Å². The molecule has 3 N–H and O–H groups in total. The Labute approximate surface area is 98.3 Å². The number of H-pyrrole nitrogens is 1. The van der Waals surface area contributed by atoms with Crippen LogP contribution in [0.3, 0.4) is 0 Å². The minimum absolute atomic E-state index is 0.0544. The molecule has 0 aliphatic carbocycles. The van der Waals surface area contributed by atoms with Gasteiger partial charge in [-0.2, -0.15) is 0 Å². The number of hydrogen-bond donors (Lipinski definition) is 3. The summed E-state index contributed by atoms with van der Waals surface area (Å²) in [4.78, 5) is 3.30. The van der Waals surface area contributed by atoms with Crippen LogP contribution in [0.2, 0.25) is 0 Å². The number of nitrogens with one attached hydrogen (secondary N) is 1. The molecule has 3 aromatic rings. The lowest BCUT2D eigenvalue weighted by Crippen LogP contribution is -1.94. The van der Waals surface area contributed by atoms with Crippen molar-refractivity contribution in [1.82, 2.24) is 4.98 Å². The Morgan fingerprint density at radius 1 is 0.882 bits per heavy atom. The summed E-state index contributed by atoms with van der Waals surface area (Å²) in [7, 11) is 0. The third-order valence-corrected chi connectivity index (χ3v) is 3.22. The zero-order valence-corrected chi connectivity index (χ0v) is 9.27. The molecule has 0 unspecified atom stereocenters. The lowest BCUT2D eigenvalue weighted by Gasteiger charge is -2.05. The van der Waals surface area contributed by atoms with Crippen LogP contribution in [-0.4, -0.2) is 15.2 Å². The van der Waals surface area contributed by atoms with Crippen molar-refractivity contribution in [3.63, 3.8) is 0 Å². The minimum atomic E-state index is -0.0694. The first-order valence-electron chi connectivity index (χ1n) is 5.58. The van der Waals surface area contributed by atoms with E-state index in [4.69, 9.17) is 0 Å². The van der Waals surface area contributed by atoms with E-state index in [-0.39, 0.29) is 13.2 Å². The smallest absolute Gasteiger partial charge is 0.0705 e. The normalized spacial score (nSPS) is 11.4. The number of para-hydroxylation sites is 1. The van der Waals surface area contributed by atoms with Crippen LogP contribution in [-0.2, 0) is 13.2 Å². The van der Waals surface area contributed by atoms with Gasteiger partial charge in [-0.1, -0.05) is 30.3 Å². The van der Waals surface area contributed by atoms with Gasteiger partial charge in [0.2, 0.25) is 0 Å². The minimum Gasteiger partial charge on any atom is -0.392 e. The molecule has 86 valence electrons. The molecule has 0 atom stereocenters. The standard InChI is InChI=1S/C14H13NO2/c16-7-9-5-6-11-10-3-1-2-4-13(10)15-14(11)12(9)8-17/h1-6,15-17H,7-8H2. The molecule has 3 rings (SSSR count). The highest BCUT2D eigenvalue weighted by Gasteiger charge is 2.10. The molecule has 0 aliphatic heterocycles. The topological polar surface area (TPSA) is 56.2 Å². The molecule has 0 aliphatic rings. The molecule has 1 aromatic heterocycles. The number of hydrogen-bond acceptors (Lipinski definition) is 2. The second kappa shape index (κ2) is 3.87. The van der Waals surface area contributed by atoms with E-state index in [0.29, 0.717) is 0 Å². The quantitative estimate of drug-likeness (QED) is 0.629. The first-order valence-corrected chi connectivity index (χ1v) is 5.58. The summed E-state index contributed by atoms with van der Waals surface area (Å²) in [5.74, 6) is 0. The molecule has 17 heavy (non-hydrogen) atoms. The largest absolute Gasteiger partial charge is 0.392 e. The number of aromatic nitrogens is 1. The van der Waals surface area contributed by atoms with Gasteiger partial charge in [0.25, 0.3) is 0 Å². The summed E-state index contributed by atoms with van der Waals surface area (Å²) in [6, 6.07) is 11.9. The van der Waals surface area contributed by atoms with Crippen LogP contribution in [0.5, 0.6) is 0 Å². The van der Waals surface area contributed by atoms with Gasteiger partial charge in [-0.15, -0.1) is 0 Å². The third kappa shape index (κ3) is 1.44. The van der Waals surface area contributed by atoms with Gasteiger partial charge in [0, 0.05) is 21.9 Å². The monoisotopic (exact) mass is 227 g/mol. The Morgan fingerprint density at radius 3 is 2.47 bits per heavy atom. The number of aliphatic hydroxyl groups excluding tert-OH is 2. The van der Waals surface area contributed by atoms with Gasteiger partial charge in [0.05, 0.1) is 18.7 Å². The summed E-state index contributed by atoms with van der Waals surface area (Å²) in [5, 5.41) is 20.9. The third-order valence-electron chi connectivity index (χ3n) is 3.22. The fourth-order valence-corrected chi connectivity index (χ4v) is 2.35. The van der Waals surface area contributed by atoms with E-state index in [1.807, 2.05) is 36.4 Å². The van der Waals surface area contributed by atoms with E-state index in [1.165, 1.54) is 0 Å². The zero-order valence-electron chi connectivity index (χ0n) is 9.27. The fraction of sp³-hybridized carbons (Fsp3) is 0.143. The molecule has 2 aromatic carbocycles. The van der Waals surface area contributed by atoms with E-state index in [2.05, 4.69) is 4.98 Å². The van der Waals surface area contributed by atoms with Crippen LogP contribution >= 0.6 is 0 Å². The maximum atomic E-state index is 9.44. The van der Waals surface area contributed by atoms with Gasteiger partial charge in [0.15, 0.2) is 0 Å². The van der Waals surface area contributed by atoms with Gasteiger partial charge in [-0.05, 0) is 11.6 Å². The van der Waals surface area contributed by atoms with Crippen LogP contribution < -0.4 is 0 Å². The highest BCUT2D eigenvalue weighted by molar-refractivity contribution is 6.08. The second-order valence-corrected chi connectivity index (χ2v) is 4.11. The predicted molar refractivity (Wildman–Crippen MR) is 67.7 cm³/mol. The molecular formula is C14H13NO2. The molecule has 1 heterocycles. The van der Waals surface area contributed by atoms with Crippen LogP contribution in [0, 0.1) is 0 Å². The molecule has 0 bridgehead atoms. The van der Waals surface area contributed by atoms with Gasteiger partial charge in [-0.3, -0.25) is 0 Å². The lowest BCUT2D eigenvalue weighted by molar-refractivity contribution is 0.261. The fourth-order valence-electron chi connectivity index (χ4n) is 2.35. The van der Waals surface area contributed by atoms with Gasteiger partial charge >= 0.3 is 0 Å². The van der Waals surface area contributed by atoms with Crippen molar-refractivity contribution in [2.24, 2.45) is 0 Å². The van der Waals surface area contributed by atoms with Crippen molar-refractivity contribution in [3.8, 4) is 0 Å². The van der Waals surface area contributed by atoms with Crippen LogP contribution in [0.1, 0.15) is 11.1 Å². The number of fused-ring (bicyclic) bond motifs is 3. The van der Waals surface area contributed by atoms with E-state index in [9.17, 15) is 10.2 Å². The number of benzene rings is 2. The molecule has 0 radical (unpaired) electrons. The Kier molecular flexibility index (Phi) is 2.35. The maximum absolute atomic E-state index is 9.44. The Balaban J connectivity index is 2.47. The highest BCUT2D eigenvalue weighted by Crippen LogP contribution is 2.29. The Morgan fingerprint density at radius 2 is 1.71 bits per heavy atom. The summed E-state index contributed by atoms with van der Waals surface area (Å²) in [6.07, 6.45) is 0. The average molecular weight is 227 g/mol. The molecule has 0 saturated heterocycles. The molecule has 0 spiro atoms. The lowest BCUT2D eigenvalue weighted by atomic mass is 10.0. The maximum Gasteiger partial charge on any atom is 0.0705 e. The molecule has 0 amide bonds. The molecule has 3 nitrogen and oxygen atoms in total. The Bertz CT molecular complexity index is 685. The van der Waals surface area contributed by atoms with Gasteiger partial charge < -0.3 is 15.2 Å². The first kappa shape index (κ1) is 10.3. The highest BCUT2D eigenvalue weighted by atomic mass is 16.3. The van der Waals surface area contributed by atoms with Crippen molar-refractivity contribution in [2.45, 2.75) is 13.2 Å². The number of aliphatic hydroxyl groups is 2. The van der Waals surface area contributed by atoms with E-state index in [1.54, 1.807) is 0 Å². The van der Waals surface area contributed by atoms with Crippen LogP contribution in [0.4, 0.5) is 0 Å². The predicted octanol–water partition coefficient (Wildman–Crippen LogP) is 2.31. The van der Waals surface area contributed by atoms with Gasteiger partial charge in [-0.25, -0.2) is 0 Å². The van der Waals surface area contributed by atoms with Crippen molar-refractivity contribution in [1.29, 1.82) is 0 Å². The molecule has 0 fully saturated rings. The summed E-state index contributed by atoms with van der Waals surface area (Å²) in [6.45, 7) is -0.124. The van der Waals surface area contributed by atoms with Crippen molar-refractivity contribution < 1.29 is 10.2 Å². The molecule has 0 saturated carbocycles. The second-order valence-electron chi connectivity index (χ2n) is 4.11. The Hall–Kier alpha value is -1.84. The molecule has 3 heteroatoms. The SMILES string of the molecule is OCc1ccc2c([nH]c3ccccc32)c1CO. The summed E-state index contributed by atoms with van der Waals surface area (Å²) < 4.78 is 0.